The van der Waals surface area contributed by atoms with Crippen LogP contribution in [0.4, 0.5) is 0 Å². The maximum atomic E-state index is 4.89. The average molecular weight is 384 g/mol. The summed E-state index contributed by atoms with van der Waals surface area (Å²) in [4.78, 5) is 17.9. The lowest BCUT2D eigenvalue weighted by atomic mass is 10.2. The van der Waals surface area contributed by atoms with Gasteiger partial charge in [-0.25, -0.2) is 15.0 Å². The van der Waals surface area contributed by atoms with Crippen LogP contribution in [0.5, 0.6) is 0 Å². The van der Waals surface area contributed by atoms with E-state index >= 15 is 0 Å². The Morgan fingerprint density at radius 1 is 1.00 bits per heavy atom. The topological polar surface area (TPSA) is 56.5 Å². The molecular weight excluding hydrogens is 354 g/mol. The Kier molecular flexibility index (Phi) is 7.21. The molecule has 27 heavy (non-hydrogen) atoms. The summed E-state index contributed by atoms with van der Waals surface area (Å²) < 4.78 is 2.45. The Balaban J connectivity index is 1.60. The molecule has 144 valence electrons. The molecule has 0 fully saturated rings. The van der Waals surface area contributed by atoms with Crippen molar-refractivity contribution in [1.29, 1.82) is 0 Å². The molecule has 0 amide bonds. The zero-order chi connectivity index (χ0) is 19.1. The Morgan fingerprint density at radius 2 is 1.81 bits per heavy atom. The number of rotatable bonds is 10. The molecule has 5 nitrogen and oxygen atoms in total. The lowest BCUT2D eigenvalue weighted by Gasteiger charge is -2.11. The van der Waals surface area contributed by atoms with Crippen molar-refractivity contribution in [3.8, 4) is 0 Å². The van der Waals surface area contributed by atoms with Crippen molar-refractivity contribution in [1.82, 2.24) is 24.5 Å². The minimum Gasteiger partial charge on any atom is -0.328 e. The van der Waals surface area contributed by atoms with E-state index in [1.807, 2.05) is 12.3 Å². The number of hydrogen-bond acceptors (Lipinski definition) is 5. The maximum absolute atomic E-state index is 4.89. The largest absolute Gasteiger partial charge is 0.328 e. The van der Waals surface area contributed by atoms with Gasteiger partial charge in [0.25, 0.3) is 0 Å². The second-order valence-electron chi connectivity index (χ2n) is 6.93. The predicted molar refractivity (Wildman–Crippen MR) is 112 cm³/mol. The van der Waals surface area contributed by atoms with Crippen LogP contribution in [0.2, 0.25) is 0 Å². The van der Waals surface area contributed by atoms with E-state index in [9.17, 15) is 0 Å². The van der Waals surface area contributed by atoms with Crippen molar-refractivity contribution in [2.75, 3.05) is 5.75 Å². The fourth-order valence-corrected chi connectivity index (χ4v) is 4.07. The van der Waals surface area contributed by atoms with Crippen LogP contribution in [0, 0.1) is 13.8 Å². The molecule has 0 saturated carbocycles. The summed E-state index contributed by atoms with van der Waals surface area (Å²) in [6.45, 7) is 7.52. The van der Waals surface area contributed by atoms with Gasteiger partial charge in [0.2, 0.25) is 0 Å². The summed E-state index contributed by atoms with van der Waals surface area (Å²) in [7, 11) is 0. The van der Waals surface area contributed by atoms with Crippen LogP contribution < -0.4 is 0 Å². The first kappa shape index (κ1) is 19.8. The molecule has 0 aromatic carbocycles. The second kappa shape index (κ2) is 9.83. The molecule has 0 bridgehead atoms. The number of aryl methyl sites for hydroxylation is 4. The van der Waals surface area contributed by atoms with Crippen molar-refractivity contribution in [2.24, 2.45) is 0 Å². The standard InChI is InChI=1S/C21H29N5S/c1-4-5-10-19-25-18-15-24-17(3)16(2)20(18)26(19)13-7-6-8-14-27-21-22-11-9-12-23-21/h9,11-12,15H,4-8,10,13-14H2,1-3H3. The summed E-state index contributed by atoms with van der Waals surface area (Å²) in [5.74, 6) is 2.29. The molecule has 3 heterocycles. The lowest BCUT2D eigenvalue weighted by Crippen LogP contribution is -2.06. The van der Waals surface area contributed by atoms with Crippen molar-refractivity contribution in [3.63, 3.8) is 0 Å². The zero-order valence-electron chi connectivity index (χ0n) is 16.6. The Morgan fingerprint density at radius 3 is 2.59 bits per heavy atom. The molecule has 3 aromatic heterocycles. The molecule has 6 heteroatoms. The molecule has 3 rings (SSSR count). The monoisotopic (exact) mass is 383 g/mol. The Hall–Kier alpha value is -1.95. The third-order valence-corrected chi connectivity index (χ3v) is 5.87. The number of aromatic nitrogens is 5. The molecule has 0 N–H and O–H groups in total. The molecular formula is C21H29N5S. The van der Waals surface area contributed by atoms with E-state index in [1.54, 1.807) is 24.2 Å². The van der Waals surface area contributed by atoms with Crippen LogP contribution in [0.25, 0.3) is 11.0 Å². The van der Waals surface area contributed by atoms with E-state index in [1.165, 1.54) is 49.0 Å². The number of thioether (sulfide) groups is 1. The number of fused-ring (bicyclic) bond motifs is 1. The first-order valence-electron chi connectivity index (χ1n) is 9.91. The quantitative estimate of drug-likeness (QED) is 0.275. The van der Waals surface area contributed by atoms with Crippen LogP contribution >= 0.6 is 11.8 Å². The summed E-state index contributed by atoms with van der Waals surface area (Å²) in [5, 5.41) is 0.874. The first-order chi connectivity index (χ1) is 13.2. The van der Waals surface area contributed by atoms with E-state index in [2.05, 4.69) is 40.3 Å². The summed E-state index contributed by atoms with van der Waals surface area (Å²) >= 11 is 1.74. The highest BCUT2D eigenvalue weighted by Crippen LogP contribution is 2.23. The van der Waals surface area contributed by atoms with Gasteiger partial charge >= 0.3 is 0 Å². The van der Waals surface area contributed by atoms with Gasteiger partial charge in [-0.3, -0.25) is 4.98 Å². The second-order valence-corrected chi connectivity index (χ2v) is 7.99. The fraction of sp³-hybridized carbons (Fsp3) is 0.524. The van der Waals surface area contributed by atoms with Crippen molar-refractivity contribution in [3.05, 3.63) is 41.7 Å². The molecule has 0 saturated heterocycles. The van der Waals surface area contributed by atoms with Gasteiger partial charge in [-0.2, -0.15) is 0 Å². The van der Waals surface area contributed by atoms with Crippen LogP contribution in [0.3, 0.4) is 0 Å². The smallest absolute Gasteiger partial charge is 0.187 e. The van der Waals surface area contributed by atoms with Crippen molar-refractivity contribution >= 4 is 22.8 Å². The minimum atomic E-state index is 0.874. The molecule has 0 spiro atoms. The highest BCUT2D eigenvalue weighted by Gasteiger charge is 2.14. The molecule has 0 aliphatic heterocycles. The summed E-state index contributed by atoms with van der Waals surface area (Å²) in [6, 6.07) is 1.86. The summed E-state index contributed by atoms with van der Waals surface area (Å²) in [6.07, 6.45) is 12.5. The summed E-state index contributed by atoms with van der Waals surface area (Å²) in [5.41, 5.74) is 4.69. The number of nitrogens with zero attached hydrogens (tertiary/aromatic N) is 5. The molecule has 0 unspecified atom stereocenters. The molecule has 0 atom stereocenters. The Labute approximate surface area is 166 Å². The first-order valence-corrected chi connectivity index (χ1v) is 10.9. The number of unbranched alkanes of at least 4 members (excludes halogenated alkanes) is 3. The SMILES string of the molecule is CCCCc1nc2cnc(C)c(C)c2n1CCCCCSc1ncccn1. The van der Waals surface area contributed by atoms with Crippen molar-refractivity contribution in [2.45, 2.75) is 71.0 Å². The highest BCUT2D eigenvalue weighted by molar-refractivity contribution is 7.99. The zero-order valence-corrected chi connectivity index (χ0v) is 17.4. The van der Waals surface area contributed by atoms with Crippen molar-refractivity contribution < 1.29 is 0 Å². The van der Waals surface area contributed by atoms with E-state index < -0.39 is 0 Å². The van der Waals surface area contributed by atoms with Crippen LogP contribution in [0.1, 0.15) is 56.1 Å². The lowest BCUT2D eigenvalue weighted by molar-refractivity contribution is 0.584. The molecule has 0 aliphatic carbocycles. The third kappa shape index (κ3) is 5.06. The van der Waals surface area contributed by atoms with Gasteiger partial charge in [-0.1, -0.05) is 31.5 Å². The van der Waals surface area contributed by atoms with E-state index in [4.69, 9.17) is 4.98 Å². The molecule has 0 aliphatic rings. The van der Waals surface area contributed by atoms with Gasteiger partial charge in [0, 0.05) is 36.8 Å². The predicted octanol–water partition coefficient (Wildman–Crippen LogP) is 5.14. The van der Waals surface area contributed by atoms with Crippen LogP contribution in [-0.4, -0.2) is 30.3 Å². The number of imidazole rings is 1. The van der Waals surface area contributed by atoms with Gasteiger partial charge < -0.3 is 4.57 Å². The van der Waals surface area contributed by atoms with Crippen LogP contribution in [0.15, 0.2) is 29.8 Å². The third-order valence-electron chi connectivity index (χ3n) is 4.91. The molecule has 3 aromatic rings. The van der Waals surface area contributed by atoms with Gasteiger partial charge in [0.1, 0.15) is 11.3 Å². The minimum absolute atomic E-state index is 0.874. The van der Waals surface area contributed by atoms with Gasteiger partial charge in [0.15, 0.2) is 5.16 Å². The molecule has 0 radical (unpaired) electrons. The van der Waals surface area contributed by atoms with E-state index in [0.29, 0.717) is 0 Å². The van der Waals surface area contributed by atoms with Gasteiger partial charge in [0.05, 0.1) is 11.7 Å². The maximum Gasteiger partial charge on any atom is 0.187 e. The van der Waals surface area contributed by atoms with Crippen LogP contribution in [-0.2, 0) is 13.0 Å². The van der Waals surface area contributed by atoms with E-state index in [-0.39, 0.29) is 0 Å². The van der Waals surface area contributed by atoms with Gasteiger partial charge in [-0.15, -0.1) is 0 Å². The fourth-order valence-electron chi connectivity index (χ4n) is 3.27. The van der Waals surface area contributed by atoms with Gasteiger partial charge in [-0.05, 0) is 44.7 Å². The normalized spacial score (nSPS) is 11.4. The Bertz CT molecular complexity index is 860. The number of hydrogen-bond donors (Lipinski definition) is 0. The van der Waals surface area contributed by atoms with E-state index in [0.717, 1.165) is 35.1 Å². The number of pyridine rings is 1. The average Bonchev–Trinajstić information content (AvgIpc) is 3.05. The highest BCUT2D eigenvalue weighted by atomic mass is 32.2.